The molecule has 0 radical (unpaired) electrons. The van der Waals surface area contributed by atoms with Crippen molar-refractivity contribution in [1.82, 2.24) is 5.32 Å². The quantitative estimate of drug-likeness (QED) is 0.667. The van der Waals surface area contributed by atoms with E-state index < -0.39 is 6.10 Å². The number of para-hydroxylation sites is 1. The summed E-state index contributed by atoms with van der Waals surface area (Å²) in [6.07, 6.45) is 1.66. The minimum Gasteiger partial charge on any atom is -0.481 e. The molecule has 2 N–H and O–H groups in total. The Morgan fingerprint density at radius 2 is 1.64 bits per heavy atom. The van der Waals surface area contributed by atoms with Gasteiger partial charge in [0.2, 0.25) is 0 Å². The summed E-state index contributed by atoms with van der Waals surface area (Å²) in [6.45, 7) is 7.94. The first-order chi connectivity index (χ1) is 13.5. The molecule has 150 valence electrons. The van der Waals surface area contributed by atoms with Gasteiger partial charge in [0, 0.05) is 6.04 Å². The van der Waals surface area contributed by atoms with E-state index in [0.717, 1.165) is 12.8 Å². The SMILES string of the molecule is CCc1ccc(O[C@H](CC)C(=O)Nc2ccccc2C(=O)N[C@H](C)CC)cc1. The predicted octanol–water partition coefficient (Wildman–Crippen LogP) is 4.57. The van der Waals surface area contributed by atoms with E-state index in [1.165, 1.54) is 5.56 Å². The lowest BCUT2D eigenvalue weighted by Gasteiger charge is -2.19. The maximum atomic E-state index is 12.8. The van der Waals surface area contributed by atoms with E-state index in [1.54, 1.807) is 24.3 Å². The highest BCUT2D eigenvalue weighted by atomic mass is 16.5. The van der Waals surface area contributed by atoms with Crippen LogP contribution in [-0.2, 0) is 11.2 Å². The number of ether oxygens (including phenoxy) is 1. The zero-order valence-electron chi connectivity index (χ0n) is 17.1. The summed E-state index contributed by atoms with van der Waals surface area (Å²) in [5.41, 5.74) is 2.14. The van der Waals surface area contributed by atoms with Crippen LogP contribution < -0.4 is 15.4 Å². The lowest BCUT2D eigenvalue weighted by molar-refractivity contribution is -0.122. The number of amides is 2. The lowest BCUT2D eigenvalue weighted by Crippen LogP contribution is -2.35. The second-order valence-electron chi connectivity index (χ2n) is 6.83. The molecule has 0 fully saturated rings. The Balaban J connectivity index is 2.10. The van der Waals surface area contributed by atoms with Gasteiger partial charge in [0.25, 0.3) is 11.8 Å². The number of rotatable bonds is 9. The third-order valence-corrected chi connectivity index (χ3v) is 4.69. The Morgan fingerprint density at radius 3 is 2.25 bits per heavy atom. The molecule has 0 saturated heterocycles. The van der Waals surface area contributed by atoms with Gasteiger partial charge >= 0.3 is 0 Å². The minimum atomic E-state index is -0.641. The molecule has 0 aliphatic carbocycles. The molecule has 0 bridgehead atoms. The number of nitrogens with one attached hydrogen (secondary N) is 2. The van der Waals surface area contributed by atoms with Gasteiger partial charge < -0.3 is 15.4 Å². The van der Waals surface area contributed by atoms with Crippen molar-refractivity contribution in [2.24, 2.45) is 0 Å². The number of benzene rings is 2. The van der Waals surface area contributed by atoms with Crippen molar-refractivity contribution in [3.63, 3.8) is 0 Å². The first-order valence-electron chi connectivity index (χ1n) is 9.94. The van der Waals surface area contributed by atoms with Crippen molar-refractivity contribution in [3.8, 4) is 5.75 Å². The molecular formula is C23H30N2O3. The lowest BCUT2D eigenvalue weighted by atomic mass is 10.1. The number of carbonyl (C=O) groups excluding carboxylic acids is 2. The van der Waals surface area contributed by atoms with E-state index in [0.29, 0.717) is 23.4 Å². The van der Waals surface area contributed by atoms with E-state index in [2.05, 4.69) is 17.6 Å². The number of hydrogen-bond acceptors (Lipinski definition) is 3. The van der Waals surface area contributed by atoms with Crippen molar-refractivity contribution in [2.75, 3.05) is 5.32 Å². The summed E-state index contributed by atoms with van der Waals surface area (Å²) in [7, 11) is 0. The Morgan fingerprint density at radius 1 is 0.964 bits per heavy atom. The minimum absolute atomic E-state index is 0.0640. The van der Waals surface area contributed by atoms with E-state index in [9.17, 15) is 9.59 Å². The van der Waals surface area contributed by atoms with E-state index in [1.807, 2.05) is 45.0 Å². The number of hydrogen-bond donors (Lipinski definition) is 2. The Bertz CT molecular complexity index is 787. The Labute approximate surface area is 167 Å². The third kappa shape index (κ3) is 5.84. The van der Waals surface area contributed by atoms with Crippen LogP contribution in [0.15, 0.2) is 48.5 Å². The van der Waals surface area contributed by atoms with Crippen molar-refractivity contribution >= 4 is 17.5 Å². The molecule has 0 heterocycles. The zero-order chi connectivity index (χ0) is 20.5. The van der Waals surface area contributed by atoms with Crippen LogP contribution in [0.1, 0.15) is 56.5 Å². The summed E-state index contributed by atoms with van der Waals surface area (Å²) in [4.78, 5) is 25.3. The fourth-order valence-corrected chi connectivity index (χ4v) is 2.70. The van der Waals surface area contributed by atoms with Gasteiger partial charge in [-0.05, 0) is 56.0 Å². The molecule has 2 aromatic rings. The third-order valence-electron chi connectivity index (χ3n) is 4.69. The smallest absolute Gasteiger partial charge is 0.265 e. The molecule has 0 unspecified atom stereocenters. The van der Waals surface area contributed by atoms with Crippen molar-refractivity contribution in [3.05, 3.63) is 59.7 Å². The highest BCUT2D eigenvalue weighted by molar-refractivity contribution is 6.04. The molecule has 0 spiro atoms. The predicted molar refractivity (Wildman–Crippen MR) is 113 cm³/mol. The highest BCUT2D eigenvalue weighted by Crippen LogP contribution is 2.19. The fourth-order valence-electron chi connectivity index (χ4n) is 2.70. The Kier molecular flexibility index (Phi) is 8.05. The van der Waals surface area contributed by atoms with Gasteiger partial charge in [0.05, 0.1) is 11.3 Å². The van der Waals surface area contributed by atoms with Crippen LogP contribution >= 0.6 is 0 Å². The fraction of sp³-hybridized carbons (Fsp3) is 0.391. The molecule has 2 atom stereocenters. The monoisotopic (exact) mass is 382 g/mol. The van der Waals surface area contributed by atoms with Crippen LogP contribution in [0.2, 0.25) is 0 Å². The number of carbonyl (C=O) groups is 2. The zero-order valence-corrected chi connectivity index (χ0v) is 17.1. The number of aryl methyl sites for hydroxylation is 1. The van der Waals surface area contributed by atoms with Crippen LogP contribution in [0.4, 0.5) is 5.69 Å². The molecule has 2 rings (SSSR count). The van der Waals surface area contributed by atoms with Gasteiger partial charge in [-0.25, -0.2) is 0 Å². The van der Waals surface area contributed by atoms with Gasteiger partial charge in [-0.1, -0.05) is 45.0 Å². The first-order valence-corrected chi connectivity index (χ1v) is 9.94. The molecule has 5 nitrogen and oxygen atoms in total. The molecular weight excluding hydrogens is 352 g/mol. The maximum Gasteiger partial charge on any atom is 0.265 e. The summed E-state index contributed by atoms with van der Waals surface area (Å²) in [5, 5.41) is 5.78. The summed E-state index contributed by atoms with van der Waals surface area (Å²) >= 11 is 0. The molecule has 5 heteroatoms. The van der Waals surface area contributed by atoms with Gasteiger partial charge in [-0.3, -0.25) is 9.59 Å². The maximum absolute atomic E-state index is 12.8. The highest BCUT2D eigenvalue weighted by Gasteiger charge is 2.21. The standard InChI is InChI=1S/C23H30N2O3/c1-5-16(4)24-22(26)19-10-8-9-11-20(19)25-23(27)21(7-3)28-18-14-12-17(6-2)13-15-18/h8-16,21H,5-7H2,1-4H3,(H,24,26)(H,25,27)/t16-,21-/m1/s1. The van der Waals surface area contributed by atoms with Gasteiger partial charge in [0.1, 0.15) is 5.75 Å². The molecule has 0 aliphatic heterocycles. The second kappa shape index (κ2) is 10.5. The van der Waals surface area contributed by atoms with Crippen LogP contribution in [0.25, 0.3) is 0 Å². The van der Waals surface area contributed by atoms with Crippen molar-refractivity contribution < 1.29 is 14.3 Å². The topological polar surface area (TPSA) is 67.4 Å². The largest absolute Gasteiger partial charge is 0.481 e. The molecule has 0 saturated carbocycles. The summed E-state index contributed by atoms with van der Waals surface area (Å²) in [5.74, 6) is 0.183. The van der Waals surface area contributed by atoms with Gasteiger partial charge in [-0.15, -0.1) is 0 Å². The molecule has 2 aromatic carbocycles. The van der Waals surface area contributed by atoms with Crippen LogP contribution in [0, 0.1) is 0 Å². The molecule has 0 aliphatic rings. The first kappa shape index (κ1) is 21.5. The van der Waals surface area contributed by atoms with Crippen LogP contribution in [0.3, 0.4) is 0 Å². The average Bonchev–Trinajstić information content (AvgIpc) is 2.72. The van der Waals surface area contributed by atoms with Gasteiger partial charge in [-0.2, -0.15) is 0 Å². The summed E-state index contributed by atoms with van der Waals surface area (Å²) < 4.78 is 5.87. The molecule has 0 aromatic heterocycles. The van der Waals surface area contributed by atoms with Crippen LogP contribution in [-0.4, -0.2) is 24.0 Å². The Hall–Kier alpha value is -2.82. The van der Waals surface area contributed by atoms with Crippen molar-refractivity contribution in [2.45, 2.75) is 59.1 Å². The van der Waals surface area contributed by atoms with E-state index in [-0.39, 0.29) is 17.9 Å². The molecule has 2 amide bonds. The normalized spacial score (nSPS) is 12.7. The van der Waals surface area contributed by atoms with E-state index >= 15 is 0 Å². The van der Waals surface area contributed by atoms with E-state index in [4.69, 9.17) is 4.74 Å². The average molecular weight is 383 g/mol. The number of anilines is 1. The summed E-state index contributed by atoms with van der Waals surface area (Å²) in [6, 6.07) is 14.8. The van der Waals surface area contributed by atoms with Gasteiger partial charge in [0.15, 0.2) is 6.10 Å². The van der Waals surface area contributed by atoms with Crippen molar-refractivity contribution in [1.29, 1.82) is 0 Å². The second-order valence-corrected chi connectivity index (χ2v) is 6.83. The van der Waals surface area contributed by atoms with Crippen LogP contribution in [0.5, 0.6) is 5.75 Å². The molecule has 28 heavy (non-hydrogen) atoms.